The van der Waals surface area contributed by atoms with Gasteiger partial charge in [-0.3, -0.25) is 0 Å². The van der Waals surface area contributed by atoms with Crippen LogP contribution < -0.4 is 0 Å². The molecular formula is C9H10S. The predicted octanol–water partition coefficient (Wildman–Crippen LogP) is 2.89. The van der Waals surface area contributed by atoms with E-state index in [-0.39, 0.29) is 0 Å². The Kier molecular flexibility index (Phi) is 1.27. The molecule has 1 aliphatic carbocycles. The Morgan fingerprint density at radius 1 is 1.40 bits per heavy atom. The smallest absolute Gasteiger partial charge is 0.0527 e. The van der Waals surface area contributed by atoms with E-state index in [0.717, 1.165) is 0 Å². The van der Waals surface area contributed by atoms with Gasteiger partial charge in [0, 0.05) is 0 Å². The number of thioether (sulfide) groups is 1. The Morgan fingerprint density at radius 3 is 2.90 bits per heavy atom. The van der Waals surface area contributed by atoms with E-state index in [1.165, 1.54) is 16.1 Å². The van der Waals surface area contributed by atoms with E-state index >= 15 is 0 Å². The first-order valence-corrected chi connectivity index (χ1v) is 4.39. The van der Waals surface area contributed by atoms with Crippen LogP contribution in [0.2, 0.25) is 0 Å². The summed E-state index contributed by atoms with van der Waals surface area (Å²) in [6.45, 7) is 4.36. The van der Waals surface area contributed by atoms with Crippen LogP contribution in [0.25, 0.3) is 0 Å². The van der Waals surface area contributed by atoms with Crippen LogP contribution in [0.15, 0.2) is 34.3 Å². The lowest BCUT2D eigenvalue weighted by Crippen LogP contribution is -1.90. The summed E-state index contributed by atoms with van der Waals surface area (Å²) in [7, 11) is 0. The van der Waals surface area contributed by atoms with Crippen molar-refractivity contribution in [2.24, 2.45) is 0 Å². The molecule has 0 bridgehead atoms. The van der Waals surface area contributed by atoms with Crippen molar-refractivity contribution >= 4 is 11.8 Å². The average Bonchev–Trinajstić information content (AvgIpc) is 2.35. The first-order chi connectivity index (χ1) is 4.77. The molecule has 0 nitrogen and oxygen atoms in total. The van der Waals surface area contributed by atoms with E-state index in [4.69, 9.17) is 0 Å². The molecular weight excluding hydrogens is 140 g/mol. The molecule has 0 N–H and O–H groups in total. The highest BCUT2D eigenvalue weighted by atomic mass is 32.2. The standard InChI is InChI=1S/C9H10S/c1-6-3-4-9-8(6)5-7(2)10-9/h3-5,9H,1-2H3. The second kappa shape index (κ2) is 2.03. The molecule has 0 saturated carbocycles. The van der Waals surface area contributed by atoms with E-state index in [1.807, 2.05) is 11.8 Å². The minimum atomic E-state index is 0.653. The molecule has 0 amide bonds. The van der Waals surface area contributed by atoms with Gasteiger partial charge in [-0.25, -0.2) is 0 Å². The van der Waals surface area contributed by atoms with Crippen molar-refractivity contribution in [3.05, 3.63) is 34.3 Å². The van der Waals surface area contributed by atoms with Crippen LogP contribution in [-0.4, -0.2) is 5.25 Å². The molecule has 0 aromatic heterocycles. The van der Waals surface area contributed by atoms with Crippen LogP contribution in [0.1, 0.15) is 13.8 Å². The largest absolute Gasteiger partial charge is 0.118 e. The Balaban J connectivity index is 2.43. The molecule has 1 heteroatoms. The number of allylic oxidation sites excluding steroid dienone is 4. The van der Waals surface area contributed by atoms with Crippen LogP contribution in [0, 0.1) is 0 Å². The highest BCUT2D eigenvalue weighted by Gasteiger charge is 2.22. The van der Waals surface area contributed by atoms with Crippen LogP contribution in [0.5, 0.6) is 0 Å². The Bertz CT molecular complexity index is 256. The van der Waals surface area contributed by atoms with Crippen molar-refractivity contribution in [2.75, 3.05) is 0 Å². The predicted molar refractivity (Wildman–Crippen MR) is 47.0 cm³/mol. The van der Waals surface area contributed by atoms with Gasteiger partial charge in [0.1, 0.15) is 0 Å². The van der Waals surface area contributed by atoms with Crippen molar-refractivity contribution in [1.82, 2.24) is 0 Å². The molecule has 1 unspecified atom stereocenters. The van der Waals surface area contributed by atoms with Gasteiger partial charge in [0.15, 0.2) is 0 Å². The zero-order valence-corrected chi connectivity index (χ0v) is 7.03. The molecule has 0 fully saturated rings. The summed E-state index contributed by atoms with van der Waals surface area (Å²) in [5.74, 6) is 0. The third kappa shape index (κ3) is 0.772. The van der Waals surface area contributed by atoms with E-state index in [0.29, 0.717) is 5.25 Å². The lowest BCUT2D eigenvalue weighted by Gasteiger charge is -1.99. The van der Waals surface area contributed by atoms with Crippen molar-refractivity contribution in [1.29, 1.82) is 0 Å². The summed E-state index contributed by atoms with van der Waals surface area (Å²) in [6, 6.07) is 0. The van der Waals surface area contributed by atoms with Crippen LogP contribution in [0.3, 0.4) is 0 Å². The molecule has 52 valence electrons. The third-order valence-corrected chi connectivity index (χ3v) is 3.11. The lowest BCUT2D eigenvalue weighted by molar-refractivity contribution is 1.34. The van der Waals surface area contributed by atoms with Gasteiger partial charge in [0.25, 0.3) is 0 Å². The van der Waals surface area contributed by atoms with Gasteiger partial charge in [0.2, 0.25) is 0 Å². The fourth-order valence-corrected chi connectivity index (χ4v) is 2.54. The zero-order chi connectivity index (χ0) is 7.14. The maximum atomic E-state index is 2.30. The molecule has 0 saturated heterocycles. The van der Waals surface area contributed by atoms with Gasteiger partial charge in [-0.1, -0.05) is 12.2 Å². The van der Waals surface area contributed by atoms with Gasteiger partial charge in [-0.2, -0.15) is 0 Å². The first kappa shape index (κ1) is 6.29. The highest BCUT2D eigenvalue weighted by Crippen LogP contribution is 2.41. The second-order valence-corrected chi connectivity index (χ2v) is 4.18. The summed E-state index contributed by atoms with van der Waals surface area (Å²) in [4.78, 5) is 1.45. The normalized spacial score (nSPS) is 29.4. The van der Waals surface area contributed by atoms with Gasteiger partial charge < -0.3 is 0 Å². The second-order valence-electron chi connectivity index (χ2n) is 2.79. The third-order valence-electron chi connectivity index (χ3n) is 1.95. The van der Waals surface area contributed by atoms with Crippen LogP contribution >= 0.6 is 11.8 Å². The molecule has 1 heterocycles. The van der Waals surface area contributed by atoms with Gasteiger partial charge in [-0.05, 0) is 36.0 Å². The molecule has 1 atom stereocenters. The maximum Gasteiger partial charge on any atom is 0.0527 e. The van der Waals surface area contributed by atoms with Gasteiger partial charge >= 0.3 is 0 Å². The molecule has 0 spiro atoms. The van der Waals surface area contributed by atoms with Gasteiger partial charge in [-0.15, -0.1) is 11.8 Å². The number of hydrogen-bond acceptors (Lipinski definition) is 1. The number of fused-ring (bicyclic) bond motifs is 1. The molecule has 1 aliphatic heterocycles. The Morgan fingerprint density at radius 2 is 2.20 bits per heavy atom. The zero-order valence-electron chi connectivity index (χ0n) is 6.22. The average molecular weight is 150 g/mol. The summed E-state index contributed by atoms with van der Waals surface area (Å²) in [5.41, 5.74) is 2.96. The van der Waals surface area contributed by atoms with E-state index in [1.54, 1.807) is 0 Å². The lowest BCUT2D eigenvalue weighted by atomic mass is 10.1. The first-order valence-electron chi connectivity index (χ1n) is 3.51. The van der Waals surface area contributed by atoms with Crippen LogP contribution in [-0.2, 0) is 0 Å². The molecule has 2 aliphatic rings. The SMILES string of the molecule is CC1=CC2=C(C)C=CC2S1. The van der Waals surface area contributed by atoms with E-state index in [9.17, 15) is 0 Å². The Hall–Kier alpha value is -0.430. The number of hydrogen-bond donors (Lipinski definition) is 0. The molecule has 0 aromatic carbocycles. The highest BCUT2D eigenvalue weighted by molar-refractivity contribution is 8.04. The summed E-state index contributed by atoms with van der Waals surface area (Å²) < 4.78 is 0. The number of rotatable bonds is 0. The van der Waals surface area contributed by atoms with Crippen molar-refractivity contribution in [3.63, 3.8) is 0 Å². The molecule has 2 rings (SSSR count). The Labute approximate surface area is 65.7 Å². The van der Waals surface area contributed by atoms with Crippen molar-refractivity contribution < 1.29 is 0 Å². The molecule has 10 heavy (non-hydrogen) atoms. The molecule has 0 aromatic rings. The maximum absolute atomic E-state index is 2.30. The van der Waals surface area contributed by atoms with Crippen molar-refractivity contribution in [3.8, 4) is 0 Å². The van der Waals surface area contributed by atoms with Crippen LogP contribution in [0.4, 0.5) is 0 Å². The quantitative estimate of drug-likeness (QED) is 0.511. The monoisotopic (exact) mass is 150 g/mol. The van der Waals surface area contributed by atoms with E-state index in [2.05, 4.69) is 32.1 Å². The summed E-state index contributed by atoms with van der Waals surface area (Å²) in [6.07, 6.45) is 6.79. The topological polar surface area (TPSA) is 0 Å². The minimum absolute atomic E-state index is 0.653. The summed E-state index contributed by atoms with van der Waals surface area (Å²) in [5, 5.41) is 0.653. The van der Waals surface area contributed by atoms with Gasteiger partial charge in [0.05, 0.1) is 5.25 Å². The fraction of sp³-hybridized carbons (Fsp3) is 0.333. The fourth-order valence-electron chi connectivity index (χ4n) is 1.41. The van der Waals surface area contributed by atoms with E-state index < -0.39 is 0 Å². The summed E-state index contributed by atoms with van der Waals surface area (Å²) >= 11 is 1.96. The molecule has 0 radical (unpaired) electrons. The van der Waals surface area contributed by atoms with Crippen molar-refractivity contribution in [2.45, 2.75) is 19.1 Å². The minimum Gasteiger partial charge on any atom is -0.118 e.